The largest absolute Gasteiger partial charge is 0.466 e. The molecule has 0 unspecified atom stereocenters. The quantitative estimate of drug-likeness (QED) is 0.719. The van der Waals surface area contributed by atoms with Gasteiger partial charge in [-0.3, -0.25) is 14.4 Å². The Kier molecular flexibility index (Phi) is 6.82. The topological polar surface area (TPSA) is 66.9 Å². The molecule has 2 aliphatic rings. The molecule has 0 spiro atoms. The molecule has 0 radical (unpaired) electrons. The Morgan fingerprint density at radius 2 is 1.55 bits per heavy atom. The third kappa shape index (κ3) is 4.92. The summed E-state index contributed by atoms with van der Waals surface area (Å²) >= 11 is 0. The molecular formula is C21H26F2N2O4. The molecule has 158 valence electrons. The molecule has 1 aromatic carbocycles. The fourth-order valence-corrected chi connectivity index (χ4v) is 4.02. The second-order valence-corrected chi connectivity index (χ2v) is 7.54. The van der Waals surface area contributed by atoms with Crippen LogP contribution in [0.2, 0.25) is 0 Å². The third-order valence-electron chi connectivity index (χ3n) is 5.72. The number of benzene rings is 1. The lowest BCUT2D eigenvalue weighted by atomic mass is 9.92. The second-order valence-electron chi connectivity index (χ2n) is 7.54. The van der Waals surface area contributed by atoms with Crippen LogP contribution >= 0.6 is 0 Å². The molecule has 0 aliphatic carbocycles. The summed E-state index contributed by atoms with van der Waals surface area (Å²) in [6.07, 6.45) is 2.17. The van der Waals surface area contributed by atoms with Crippen LogP contribution in [0.5, 0.6) is 0 Å². The molecule has 0 bridgehead atoms. The minimum atomic E-state index is -0.751. The number of amides is 2. The first-order chi connectivity index (χ1) is 13.9. The van der Waals surface area contributed by atoms with Gasteiger partial charge < -0.3 is 14.5 Å². The van der Waals surface area contributed by atoms with Crippen LogP contribution in [0.1, 0.15) is 43.0 Å². The number of rotatable bonds is 4. The average molecular weight is 408 g/mol. The van der Waals surface area contributed by atoms with Crippen LogP contribution in [0.4, 0.5) is 8.78 Å². The fraction of sp³-hybridized carbons (Fsp3) is 0.571. The average Bonchev–Trinajstić information content (AvgIpc) is 2.75. The van der Waals surface area contributed by atoms with Crippen molar-refractivity contribution < 1.29 is 27.9 Å². The van der Waals surface area contributed by atoms with Crippen molar-refractivity contribution >= 4 is 17.8 Å². The van der Waals surface area contributed by atoms with E-state index in [1.54, 1.807) is 11.8 Å². The van der Waals surface area contributed by atoms with Crippen molar-refractivity contribution in [3.8, 4) is 0 Å². The molecule has 29 heavy (non-hydrogen) atoms. The molecule has 0 aromatic heterocycles. The van der Waals surface area contributed by atoms with Gasteiger partial charge in [-0.05, 0) is 50.8 Å². The highest BCUT2D eigenvalue weighted by Gasteiger charge is 2.34. The van der Waals surface area contributed by atoms with E-state index in [1.165, 1.54) is 4.90 Å². The first kappa shape index (κ1) is 21.2. The van der Waals surface area contributed by atoms with Gasteiger partial charge in [-0.1, -0.05) is 0 Å². The first-order valence-electron chi connectivity index (χ1n) is 10.1. The van der Waals surface area contributed by atoms with E-state index >= 15 is 0 Å². The number of piperidine rings is 2. The van der Waals surface area contributed by atoms with Crippen LogP contribution < -0.4 is 0 Å². The van der Waals surface area contributed by atoms with Crippen molar-refractivity contribution in [3.05, 3.63) is 35.4 Å². The zero-order valence-corrected chi connectivity index (χ0v) is 16.5. The lowest BCUT2D eigenvalue weighted by Crippen LogP contribution is -2.47. The van der Waals surface area contributed by atoms with E-state index in [0.29, 0.717) is 58.5 Å². The monoisotopic (exact) mass is 408 g/mol. The van der Waals surface area contributed by atoms with E-state index in [4.69, 9.17) is 4.74 Å². The van der Waals surface area contributed by atoms with Crippen molar-refractivity contribution in [2.45, 2.75) is 32.6 Å². The molecule has 0 saturated carbocycles. The molecule has 2 amide bonds. The van der Waals surface area contributed by atoms with Crippen LogP contribution in [0, 0.1) is 23.5 Å². The highest BCUT2D eigenvalue weighted by molar-refractivity contribution is 5.94. The predicted octanol–water partition coefficient (Wildman–Crippen LogP) is 2.62. The van der Waals surface area contributed by atoms with Gasteiger partial charge in [0.05, 0.1) is 18.1 Å². The highest BCUT2D eigenvalue weighted by atomic mass is 19.1. The lowest BCUT2D eigenvalue weighted by Gasteiger charge is -2.37. The molecule has 2 aliphatic heterocycles. The summed E-state index contributed by atoms with van der Waals surface area (Å²) in [7, 11) is 0. The van der Waals surface area contributed by atoms with Gasteiger partial charge in [-0.25, -0.2) is 8.78 Å². The molecule has 2 heterocycles. The number of hydrogen-bond acceptors (Lipinski definition) is 4. The summed E-state index contributed by atoms with van der Waals surface area (Å²) in [5, 5.41) is 0. The third-order valence-corrected chi connectivity index (χ3v) is 5.72. The maximum Gasteiger partial charge on any atom is 0.309 e. The van der Waals surface area contributed by atoms with Crippen molar-refractivity contribution in [3.63, 3.8) is 0 Å². The number of halogens is 2. The summed E-state index contributed by atoms with van der Waals surface area (Å²) in [4.78, 5) is 40.4. The summed E-state index contributed by atoms with van der Waals surface area (Å²) in [6, 6.07) is 2.82. The smallest absolute Gasteiger partial charge is 0.309 e. The Bertz CT molecular complexity index is 770. The number of hydrogen-bond donors (Lipinski definition) is 0. The molecular weight excluding hydrogens is 382 g/mol. The number of nitrogens with zero attached hydrogens (tertiary/aromatic N) is 2. The zero-order chi connectivity index (χ0) is 21.0. The lowest BCUT2D eigenvalue weighted by molar-refractivity contribution is -0.152. The van der Waals surface area contributed by atoms with Gasteiger partial charge in [0.1, 0.15) is 11.6 Å². The Morgan fingerprint density at radius 1 is 0.966 bits per heavy atom. The number of carbonyl (C=O) groups excluding carboxylic acids is 3. The van der Waals surface area contributed by atoms with E-state index < -0.39 is 17.5 Å². The highest BCUT2D eigenvalue weighted by Crippen LogP contribution is 2.25. The predicted molar refractivity (Wildman–Crippen MR) is 101 cm³/mol. The molecule has 0 atom stereocenters. The number of esters is 1. The van der Waals surface area contributed by atoms with Crippen LogP contribution in [-0.4, -0.2) is 60.4 Å². The van der Waals surface area contributed by atoms with Gasteiger partial charge >= 0.3 is 5.97 Å². The van der Waals surface area contributed by atoms with Crippen molar-refractivity contribution in [1.82, 2.24) is 9.80 Å². The number of ether oxygens (including phenoxy) is 1. The Hall–Kier alpha value is -2.51. The van der Waals surface area contributed by atoms with Gasteiger partial charge in [0.25, 0.3) is 5.91 Å². The maximum atomic E-state index is 13.9. The van der Waals surface area contributed by atoms with Crippen molar-refractivity contribution in [1.29, 1.82) is 0 Å². The van der Waals surface area contributed by atoms with E-state index in [1.807, 2.05) is 0 Å². The number of likely N-dealkylation sites (tertiary alicyclic amines) is 2. The fourth-order valence-electron chi connectivity index (χ4n) is 4.02. The van der Waals surface area contributed by atoms with Crippen LogP contribution in [0.25, 0.3) is 0 Å². The second kappa shape index (κ2) is 9.33. The normalized spacial score (nSPS) is 18.6. The minimum absolute atomic E-state index is 0.0383. The standard InChI is InChI=1S/C21H26F2N2O4/c1-2-29-21(28)15-7-11-24(12-8-15)19(26)14-5-9-25(10-6-14)20(27)17-13-16(22)3-4-18(17)23/h3-4,13-15H,2,5-12H2,1H3. The summed E-state index contributed by atoms with van der Waals surface area (Å²) in [5.41, 5.74) is -0.282. The Balaban J connectivity index is 1.50. The van der Waals surface area contributed by atoms with Gasteiger partial charge in [-0.2, -0.15) is 0 Å². The van der Waals surface area contributed by atoms with E-state index in [0.717, 1.165) is 18.2 Å². The molecule has 2 fully saturated rings. The molecule has 6 nitrogen and oxygen atoms in total. The van der Waals surface area contributed by atoms with Gasteiger partial charge in [0.2, 0.25) is 5.91 Å². The van der Waals surface area contributed by atoms with Gasteiger partial charge in [0.15, 0.2) is 0 Å². The van der Waals surface area contributed by atoms with Crippen LogP contribution in [0.15, 0.2) is 18.2 Å². The zero-order valence-electron chi connectivity index (χ0n) is 16.5. The molecule has 3 rings (SSSR count). The molecule has 8 heteroatoms. The Morgan fingerprint density at radius 3 is 2.17 bits per heavy atom. The van der Waals surface area contributed by atoms with Gasteiger partial charge in [0, 0.05) is 32.1 Å². The molecule has 1 aromatic rings. The van der Waals surface area contributed by atoms with E-state index in [9.17, 15) is 23.2 Å². The van der Waals surface area contributed by atoms with Crippen molar-refractivity contribution in [2.24, 2.45) is 11.8 Å². The van der Waals surface area contributed by atoms with Crippen molar-refractivity contribution in [2.75, 3.05) is 32.8 Å². The maximum absolute atomic E-state index is 13.9. The van der Waals surface area contributed by atoms with E-state index in [-0.39, 0.29) is 29.3 Å². The van der Waals surface area contributed by atoms with E-state index in [2.05, 4.69) is 0 Å². The number of carbonyl (C=O) groups is 3. The summed E-state index contributed by atoms with van der Waals surface area (Å²) in [6.45, 7) is 3.83. The summed E-state index contributed by atoms with van der Waals surface area (Å²) in [5.74, 6) is -2.48. The summed E-state index contributed by atoms with van der Waals surface area (Å²) < 4.78 is 32.3. The van der Waals surface area contributed by atoms with Gasteiger partial charge in [-0.15, -0.1) is 0 Å². The first-order valence-corrected chi connectivity index (χ1v) is 10.1. The SMILES string of the molecule is CCOC(=O)C1CCN(C(=O)C2CCN(C(=O)c3cc(F)ccc3F)CC2)CC1. The van der Waals surface area contributed by atoms with Crippen LogP contribution in [0.3, 0.4) is 0 Å². The molecule has 2 saturated heterocycles. The Labute approximate surface area is 168 Å². The van der Waals surface area contributed by atoms with Crippen LogP contribution in [-0.2, 0) is 14.3 Å². The molecule has 0 N–H and O–H groups in total. The minimum Gasteiger partial charge on any atom is -0.466 e.